The lowest BCUT2D eigenvalue weighted by Crippen LogP contribution is -2.47. The fourth-order valence-corrected chi connectivity index (χ4v) is 4.27. The van der Waals surface area contributed by atoms with Crippen LogP contribution < -0.4 is 9.80 Å². The molecule has 0 aromatic carbocycles. The van der Waals surface area contributed by atoms with Gasteiger partial charge in [0.15, 0.2) is 5.69 Å². The molecule has 0 bridgehead atoms. The van der Waals surface area contributed by atoms with Crippen LogP contribution in [0.3, 0.4) is 0 Å². The zero-order valence-electron chi connectivity index (χ0n) is 15.0. The van der Waals surface area contributed by atoms with Gasteiger partial charge in [-0.25, -0.2) is 4.98 Å². The van der Waals surface area contributed by atoms with Crippen LogP contribution in [0.2, 0.25) is 0 Å². The quantitative estimate of drug-likeness (QED) is 0.843. The van der Waals surface area contributed by atoms with Crippen molar-refractivity contribution in [2.24, 2.45) is 11.8 Å². The van der Waals surface area contributed by atoms with Gasteiger partial charge in [-0.15, -0.1) is 0 Å². The number of anilines is 2. The number of aromatic nitrogens is 2. The molecule has 27 heavy (non-hydrogen) atoms. The molecule has 0 spiro atoms. The maximum atomic E-state index is 13.3. The third-order valence-corrected chi connectivity index (χ3v) is 5.81. The topological polar surface area (TPSA) is 72.8 Å². The third kappa shape index (κ3) is 3.54. The summed E-state index contributed by atoms with van der Waals surface area (Å²) in [4.78, 5) is 24.6. The number of aliphatic carboxylic acids is 1. The van der Waals surface area contributed by atoms with E-state index in [2.05, 4.69) is 9.97 Å². The molecule has 3 atom stereocenters. The van der Waals surface area contributed by atoms with Crippen LogP contribution in [-0.4, -0.2) is 71.3 Å². The Morgan fingerprint density at radius 1 is 1.22 bits per heavy atom. The number of halogens is 3. The van der Waals surface area contributed by atoms with E-state index in [1.165, 1.54) is 0 Å². The van der Waals surface area contributed by atoms with Gasteiger partial charge < -0.3 is 14.9 Å². The molecule has 0 amide bonds. The lowest BCUT2D eigenvalue weighted by atomic mass is 10.0. The van der Waals surface area contributed by atoms with Crippen LogP contribution in [-0.2, 0) is 11.0 Å². The molecule has 1 aromatic rings. The maximum Gasteiger partial charge on any atom is 0.433 e. The number of hydrogen-bond donors (Lipinski definition) is 1. The van der Waals surface area contributed by atoms with E-state index < -0.39 is 17.8 Å². The number of carboxylic acid groups (broad SMARTS) is 1. The molecule has 0 saturated carbocycles. The highest BCUT2D eigenvalue weighted by Crippen LogP contribution is 2.37. The minimum absolute atomic E-state index is 0.00965. The molecule has 10 heteroatoms. The van der Waals surface area contributed by atoms with Gasteiger partial charge >= 0.3 is 12.1 Å². The predicted octanol–water partition coefficient (Wildman–Crippen LogP) is 1.55. The molecule has 4 heterocycles. The van der Waals surface area contributed by atoms with Crippen molar-refractivity contribution in [3.8, 4) is 0 Å². The van der Waals surface area contributed by atoms with Crippen molar-refractivity contribution in [1.82, 2.24) is 14.9 Å². The molecule has 1 N–H and O–H groups in total. The molecule has 3 saturated heterocycles. The van der Waals surface area contributed by atoms with E-state index in [1.54, 1.807) is 4.90 Å². The van der Waals surface area contributed by atoms with E-state index in [9.17, 15) is 18.0 Å². The minimum Gasteiger partial charge on any atom is -0.480 e. The van der Waals surface area contributed by atoms with Crippen molar-refractivity contribution in [3.05, 3.63) is 11.8 Å². The summed E-state index contributed by atoms with van der Waals surface area (Å²) in [6.45, 7) is 5.10. The lowest BCUT2D eigenvalue weighted by molar-refractivity contribution is -0.141. The zero-order valence-corrected chi connectivity index (χ0v) is 15.0. The Labute approximate surface area is 154 Å². The summed E-state index contributed by atoms with van der Waals surface area (Å²) in [7, 11) is 0. The highest BCUT2D eigenvalue weighted by Gasteiger charge is 2.42. The second-order valence-corrected chi connectivity index (χ2v) is 7.75. The van der Waals surface area contributed by atoms with Crippen molar-refractivity contribution in [2.45, 2.75) is 25.6 Å². The highest BCUT2D eigenvalue weighted by molar-refractivity contribution is 5.69. The van der Waals surface area contributed by atoms with Gasteiger partial charge in [-0.1, -0.05) is 0 Å². The zero-order chi connectivity index (χ0) is 19.3. The average molecular weight is 385 g/mol. The summed E-state index contributed by atoms with van der Waals surface area (Å²) in [6.07, 6.45) is -3.60. The Hall–Kier alpha value is -2.10. The summed E-state index contributed by atoms with van der Waals surface area (Å²) >= 11 is 0. The summed E-state index contributed by atoms with van der Waals surface area (Å²) in [6, 6.07) is 1.17. The molecule has 1 aromatic heterocycles. The molecular weight excluding hydrogens is 363 g/mol. The van der Waals surface area contributed by atoms with Crippen LogP contribution in [0.15, 0.2) is 6.07 Å². The van der Waals surface area contributed by atoms with Crippen LogP contribution in [0.25, 0.3) is 0 Å². The molecule has 3 aliphatic rings. The summed E-state index contributed by atoms with van der Waals surface area (Å²) in [5.41, 5.74) is -0.911. The lowest BCUT2D eigenvalue weighted by Gasteiger charge is -2.39. The molecule has 0 radical (unpaired) electrons. The molecule has 2 unspecified atom stereocenters. The smallest absolute Gasteiger partial charge is 0.433 e. The maximum absolute atomic E-state index is 13.3. The number of likely N-dealkylation sites (tertiary alicyclic amines) is 1. The SMILES string of the molecule is C[C@H]1CCN1c1nc(N2CC3CN(CC(=O)O)CC3C2)cc(C(F)(F)F)n1. The number of hydrogen-bond acceptors (Lipinski definition) is 6. The molecule has 3 fully saturated rings. The largest absolute Gasteiger partial charge is 0.480 e. The molecule has 4 rings (SSSR count). The van der Waals surface area contributed by atoms with Crippen molar-refractivity contribution >= 4 is 17.7 Å². The van der Waals surface area contributed by atoms with Gasteiger partial charge in [-0.05, 0) is 25.2 Å². The first kappa shape index (κ1) is 18.3. The normalized spacial score (nSPS) is 28.4. The van der Waals surface area contributed by atoms with E-state index in [1.807, 2.05) is 16.7 Å². The first-order valence-electron chi connectivity index (χ1n) is 9.12. The van der Waals surface area contributed by atoms with Gasteiger partial charge in [0.2, 0.25) is 5.95 Å². The van der Waals surface area contributed by atoms with Gasteiger partial charge in [0, 0.05) is 44.8 Å². The van der Waals surface area contributed by atoms with E-state index in [0.29, 0.717) is 38.5 Å². The summed E-state index contributed by atoms with van der Waals surface area (Å²) in [5, 5.41) is 8.93. The fraction of sp³-hybridized carbons (Fsp3) is 0.706. The van der Waals surface area contributed by atoms with Crippen molar-refractivity contribution < 1.29 is 23.1 Å². The Morgan fingerprint density at radius 3 is 2.37 bits per heavy atom. The number of fused-ring (bicyclic) bond motifs is 1. The van der Waals surface area contributed by atoms with E-state index >= 15 is 0 Å². The Kier molecular flexibility index (Phi) is 4.40. The van der Waals surface area contributed by atoms with Gasteiger partial charge in [-0.2, -0.15) is 18.2 Å². The van der Waals surface area contributed by atoms with E-state index in [0.717, 1.165) is 12.5 Å². The van der Waals surface area contributed by atoms with Crippen molar-refractivity contribution in [1.29, 1.82) is 0 Å². The molecule has 3 aliphatic heterocycles. The van der Waals surface area contributed by atoms with Gasteiger partial charge in [0.25, 0.3) is 0 Å². The molecule has 148 valence electrons. The highest BCUT2D eigenvalue weighted by atomic mass is 19.4. The van der Waals surface area contributed by atoms with Crippen LogP contribution in [0.4, 0.5) is 24.9 Å². The van der Waals surface area contributed by atoms with Crippen LogP contribution >= 0.6 is 0 Å². The fourth-order valence-electron chi connectivity index (χ4n) is 4.27. The molecule has 0 aliphatic carbocycles. The van der Waals surface area contributed by atoms with Crippen LogP contribution in [0, 0.1) is 11.8 Å². The van der Waals surface area contributed by atoms with Gasteiger partial charge in [0.1, 0.15) is 5.82 Å². The standard InChI is InChI=1S/C17H22F3N5O2/c1-10-2-3-25(10)16-21-13(17(18,19)20)4-14(22-16)24-7-11-5-23(9-15(26)27)6-12(11)8-24/h4,10-12H,2-3,5-9H2,1H3,(H,26,27)/t10-,11?,12?/m0/s1. The van der Waals surface area contributed by atoms with Gasteiger partial charge in [0.05, 0.1) is 6.54 Å². The minimum atomic E-state index is -4.52. The second kappa shape index (κ2) is 6.50. The summed E-state index contributed by atoms with van der Waals surface area (Å²) in [5.74, 6) is 0.0968. The first-order valence-corrected chi connectivity index (χ1v) is 9.12. The van der Waals surface area contributed by atoms with Crippen LogP contribution in [0.5, 0.6) is 0 Å². The molecular formula is C17H22F3N5O2. The number of rotatable bonds is 4. The van der Waals surface area contributed by atoms with Crippen molar-refractivity contribution in [2.75, 3.05) is 49.1 Å². The first-order chi connectivity index (χ1) is 12.7. The number of carbonyl (C=O) groups is 1. The number of nitrogens with zero attached hydrogens (tertiary/aromatic N) is 5. The van der Waals surface area contributed by atoms with E-state index in [-0.39, 0.29) is 30.4 Å². The van der Waals surface area contributed by atoms with E-state index in [4.69, 9.17) is 5.11 Å². The Balaban J connectivity index is 1.54. The van der Waals surface area contributed by atoms with Gasteiger partial charge in [-0.3, -0.25) is 9.69 Å². The Bertz CT molecular complexity index is 730. The summed E-state index contributed by atoms with van der Waals surface area (Å²) < 4.78 is 40.0. The second-order valence-electron chi connectivity index (χ2n) is 7.75. The van der Waals surface area contributed by atoms with Crippen LogP contribution in [0.1, 0.15) is 19.0 Å². The van der Waals surface area contributed by atoms with Crippen molar-refractivity contribution in [3.63, 3.8) is 0 Å². The predicted molar refractivity (Wildman–Crippen MR) is 91.7 cm³/mol. The Morgan fingerprint density at radius 2 is 1.89 bits per heavy atom. The number of carboxylic acids is 1. The average Bonchev–Trinajstić information content (AvgIpc) is 3.10. The molecule has 7 nitrogen and oxygen atoms in total. The third-order valence-electron chi connectivity index (χ3n) is 5.81. The number of alkyl halides is 3. The monoisotopic (exact) mass is 385 g/mol.